The zero-order chi connectivity index (χ0) is 8.20. The van der Waals surface area contributed by atoms with Gasteiger partial charge in [0.1, 0.15) is 0 Å². The summed E-state index contributed by atoms with van der Waals surface area (Å²) in [6, 6.07) is 0. The number of hydrogen-bond donors (Lipinski definition) is 5. The molecule has 0 aliphatic heterocycles. The molecule has 0 amide bonds. The van der Waals surface area contributed by atoms with Crippen LogP contribution in [0.1, 0.15) is 0 Å². The van der Waals surface area contributed by atoms with E-state index in [0.717, 1.165) is 0 Å². The van der Waals surface area contributed by atoms with E-state index in [1.807, 2.05) is 0 Å². The Morgan fingerprint density at radius 3 is 1.60 bits per heavy atom. The van der Waals surface area contributed by atoms with Crippen LogP contribution in [-0.2, 0) is 4.43 Å². The Morgan fingerprint density at radius 1 is 1.10 bits per heavy atom. The van der Waals surface area contributed by atoms with Crippen LogP contribution in [0, 0.1) is 0 Å². The zero-order valence-electron chi connectivity index (χ0n) is 5.14. The van der Waals surface area contributed by atoms with Crippen LogP contribution < -0.4 is 0 Å². The molecule has 0 fully saturated rings. The molecule has 0 saturated heterocycles. The van der Waals surface area contributed by atoms with Gasteiger partial charge in [-0.15, -0.1) is 0 Å². The fraction of sp³-hybridized carbons (Fsp3) is 1.00. The summed E-state index contributed by atoms with van der Waals surface area (Å²) < 4.78 is 4.04. The molecular weight excluding hydrogens is 160 g/mol. The fourth-order valence-electron chi connectivity index (χ4n) is 0.356. The summed E-state index contributed by atoms with van der Waals surface area (Å²) in [5.41, 5.74) is 0. The third kappa shape index (κ3) is 4.82. The van der Waals surface area contributed by atoms with Gasteiger partial charge in [-0.2, -0.15) is 0 Å². The molecule has 0 heterocycles. The molecule has 62 valence electrons. The summed E-state index contributed by atoms with van der Waals surface area (Å²) in [6.45, 7) is -1.15. The Kier molecular flexibility index (Phi) is 3.97. The Balaban J connectivity index is 3.63. The third-order valence-electron chi connectivity index (χ3n) is 0.732. The summed E-state index contributed by atoms with van der Waals surface area (Å²) in [6.07, 6.45) is -1.13. The molecule has 0 bridgehead atoms. The second-order valence-corrected chi connectivity index (χ2v) is 3.06. The number of hydrogen-bond acceptors (Lipinski definition) is 6. The van der Waals surface area contributed by atoms with E-state index in [1.54, 1.807) is 0 Å². The predicted molar refractivity (Wildman–Crippen MR) is 31.5 cm³/mol. The van der Waals surface area contributed by atoms with E-state index < -0.39 is 28.4 Å². The van der Waals surface area contributed by atoms with Crippen molar-refractivity contribution < 1.29 is 29.0 Å². The van der Waals surface area contributed by atoms with Gasteiger partial charge in [0.05, 0.1) is 19.3 Å². The first-order valence-corrected chi connectivity index (χ1v) is 4.31. The minimum Gasteiger partial charge on any atom is -0.394 e. The van der Waals surface area contributed by atoms with Gasteiger partial charge in [0.25, 0.3) is 0 Å². The van der Waals surface area contributed by atoms with Crippen LogP contribution in [0.25, 0.3) is 0 Å². The lowest BCUT2D eigenvalue weighted by atomic mass is 10.4. The Hall–Kier alpha value is -0.0231. The van der Waals surface area contributed by atoms with Gasteiger partial charge in [-0.1, -0.05) is 0 Å². The van der Waals surface area contributed by atoms with E-state index in [2.05, 4.69) is 4.43 Å². The highest BCUT2D eigenvalue weighted by atomic mass is 28.4. The number of aliphatic hydroxyl groups excluding tert-OH is 2. The molecule has 0 aromatic carbocycles. The van der Waals surface area contributed by atoms with Gasteiger partial charge in [-0.3, -0.25) is 0 Å². The normalized spacial score (nSPS) is 12.6. The predicted octanol–water partition coefficient (Wildman–Crippen LogP) is -3.23. The van der Waals surface area contributed by atoms with Crippen LogP contribution in [0.15, 0.2) is 0 Å². The molecule has 7 heteroatoms. The lowest BCUT2D eigenvalue weighted by Crippen LogP contribution is -2.44. The molecule has 0 aliphatic rings. The first-order chi connectivity index (χ1) is 4.49. The van der Waals surface area contributed by atoms with E-state index in [0.29, 0.717) is 0 Å². The maximum absolute atomic E-state index is 8.29. The van der Waals surface area contributed by atoms with Gasteiger partial charge in [0.2, 0.25) is 0 Å². The summed E-state index contributed by atoms with van der Waals surface area (Å²) in [5.74, 6) is 0. The van der Waals surface area contributed by atoms with Gasteiger partial charge in [0, 0.05) is 0 Å². The van der Waals surface area contributed by atoms with Gasteiger partial charge < -0.3 is 29.0 Å². The van der Waals surface area contributed by atoms with E-state index in [-0.39, 0.29) is 0 Å². The van der Waals surface area contributed by atoms with Crippen molar-refractivity contribution in [3.8, 4) is 0 Å². The molecule has 0 rings (SSSR count). The molecule has 0 spiro atoms. The van der Waals surface area contributed by atoms with Crippen LogP contribution in [0.3, 0.4) is 0 Å². The van der Waals surface area contributed by atoms with Crippen molar-refractivity contribution in [1.29, 1.82) is 0 Å². The largest absolute Gasteiger partial charge is 0.671 e. The van der Waals surface area contributed by atoms with Crippen LogP contribution in [0.2, 0.25) is 0 Å². The van der Waals surface area contributed by atoms with Crippen LogP contribution in [0.4, 0.5) is 0 Å². The smallest absolute Gasteiger partial charge is 0.394 e. The molecule has 0 aromatic heterocycles. The van der Waals surface area contributed by atoms with E-state index >= 15 is 0 Å². The van der Waals surface area contributed by atoms with Gasteiger partial charge in [-0.25, -0.2) is 0 Å². The van der Waals surface area contributed by atoms with E-state index in [9.17, 15) is 0 Å². The molecule has 10 heavy (non-hydrogen) atoms. The van der Waals surface area contributed by atoms with Gasteiger partial charge in [-0.05, 0) is 0 Å². The summed E-state index contributed by atoms with van der Waals surface area (Å²) >= 11 is 0. The maximum atomic E-state index is 8.29. The van der Waals surface area contributed by atoms with Crippen molar-refractivity contribution in [1.82, 2.24) is 0 Å². The number of rotatable bonds is 4. The Labute approximate surface area is 58.4 Å². The number of aliphatic hydroxyl groups is 2. The topological polar surface area (TPSA) is 110 Å². The molecular formula is C3H10O6Si. The van der Waals surface area contributed by atoms with Crippen LogP contribution >= 0.6 is 0 Å². The highest BCUT2D eigenvalue weighted by Gasteiger charge is 2.33. The summed E-state index contributed by atoms with van der Waals surface area (Å²) in [5, 5.41) is 16.6. The summed E-state index contributed by atoms with van der Waals surface area (Å²) in [4.78, 5) is 24.8. The zero-order valence-corrected chi connectivity index (χ0v) is 6.14. The van der Waals surface area contributed by atoms with Crippen LogP contribution in [-0.4, -0.2) is 53.0 Å². The highest BCUT2D eigenvalue weighted by Crippen LogP contribution is 1.96. The first kappa shape index (κ1) is 9.98. The van der Waals surface area contributed by atoms with E-state index in [1.165, 1.54) is 0 Å². The maximum Gasteiger partial charge on any atom is 0.671 e. The lowest BCUT2D eigenvalue weighted by Gasteiger charge is -2.16. The SMILES string of the molecule is OCC(CO)O[Si](O)(O)O. The lowest BCUT2D eigenvalue weighted by molar-refractivity contribution is -0.0237. The molecule has 5 N–H and O–H groups in total. The molecule has 0 atom stereocenters. The van der Waals surface area contributed by atoms with Crippen molar-refractivity contribution in [2.45, 2.75) is 6.10 Å². The quantitative estimate of drug-likeness (QED) is 0.284. The average molecular weight is 170 g/mol. The second-order valence-electron chi connectivity index (χ2n) is 1.68. The standard InChI is InChI=1S/C3H10O6Si/c4-1-3(2-5)9-10(6,7)8/h3-8H,1-2H2. The minimum atomic E-state index is -4.58. The van der Waals surface area contributed by atoms with E-state index in [4.69, 9.17) is 24.6 Å². The minimum absolute atomic E-state index is 0.576. The molecule has 0 aromatic rings. The highest BCUT2D eigenvalue weighted by molar-refractivity contribution is 6.48. The van der Waals surface area contributed by atoms with Gasteiger partial charge >= 0.3 is 9.05 Å². The van der Waals surface area contributed by atoms with Gasteiger partial charge in [0.15, 0.2) is 0 Å². The van der Waals surface area contributed by atoms with Crippen molar-refractivity contribution >= 4 is 9.05 Å². The third-order valence-corrected chi connectivity index (χ3v) is 1.38. The van der Waals surface area contributed by atoms with Crippen molar-refractivity contribution in [2.24, 2.45) is 0 Å². The van der Waals surface area contributed by atoms with Crippen molar-refractivity contribution in [3.05, 3.63) is 0 Å². The van der Waals surface area contributed by atoms with Crippen LogP contribution in [0.5, 0.6) is 0 Å². The summed E-state index contributed by atoms with van der Waals surface area (Å²) in [7, 11) is -4.58. The molecule has 0 unspecified atom stereocenters. The van der Waals surface area contributed by atoms with Crippen molar-refractivity contribution in [2.75, 3.05) is 13.2 Å². The van der Waals surface area contributed by atoms with Crippen molar-refractivity contribution in [3.63, 3.8) is 0 Å². The monoisotopic (exact) mass is 170 g/mol. The first-order valence-electron chi connectivity index (χ1n) is 2.56. The molecule has 0 saturated carbocycles. The fourth-order valence-corrected chi connectivity index (χ4v) is 0.952. The molecule has 0 radical (unpaired) electrons. The molecule has 0 aliphatic carbocycles. The Morgan fingerprint density at radius 2 is 1.50 bits per heavy atom. The average Bonchev–Trinajstić information content (AvgIpc) is 1.81. The Bertz CT molecular complexity index is 85.5. The molecule has 6 nitrogen and oxygen atoms in total. The second kappa shape index (κ2) is 3.98.